The highest BCUT2D eigenvalue weighted by Crippen LogP contribution is 2.09. The number of hydrogen-bond donors (Lipinski definition) is 2. The van der Waals surface area contributed by atoms with E-state index in [0.717, 1.165) is 0 Å². The van der Waals surface area contributed by atoms with E-state index in [9.17, 15) is 9.59 Å². The van der Waals surface area contributed by atoms with E-state index >= 15 is 0 Å². The number of carbonyl (C=O) groups excluding carboxylic acids is 2. The van der Waals surface area contributed by atoms with E-state index in [-0.39, 0.29) is 5.91 Å². The predicted molar refractivity (Wildman–Crippen MR) is 61.1 cm³/mol. The zero-order valence-electron chi connectivity index (χ0n) is 9.30. The van der Waals surface area contributed by atoms with Gasteiger partial charge in [0, 0.05) is 32.0 Å². The van der Waals surface area contributed by atoms with E-state index in [1.165, 1.54) is 11.1 Å². The molecule has 1 aliphatic heterocycles. The Labute approximate surface area is 98.8 Å². The molecule has 1 aromatic rings. The summed E-state index contributed by atoms with van der Waals surface area (Å²) >= 11 is 0. The summed E-state index contributed by atoms with van der Waals surface area (Å²) in [5, 5.41) is 3.04. The molecule has 1 fully saturated rings. The van der Waals surface area contributed by atoms with Crippen LogP contribution in [0.25, 0.3) is 0 Å². The number of carbonyl (C=O) groups is 2. The first-order valence-corrected chi connectivity index (χ1v) is 5.41. The first-order valence-electron chi connectivity index (χ1n) is 5.41. The maximum absolute atomic E-state index is 12.2. The van der Waals surface area contributed by atoms with Crippen molar-refractivity contribution < 1.29 is 9.59 Å². The third-order valence-corrected chi connectivity index (χ3v) is 2.74. The average Bonchev–Trinajstić information content (AvgIpc) is 2.39. The molecule has 6 heteroatoms. The highest BCUT2D eigenvalue weighted by molar-refractivity contribution is 5.97. The topological polar surface area (TPSA) is 88.3 Å². The second-order valence-electron chi connectivity index (χ2n) is 3.86. The lowest BCUT2D eigenvalue weighted by Gasteiger charge is -2.34. The second kappa shape index (κ2) is 4.92. The van der Waals surface area contributed by atoms with Gasteiger partial charge in [-0.3, -0.25) is 14.6 Å². The van der Waals surface area contributed by atoms with Gasteiger partial charge in [0.15, 0.2) is 0 Å². The van der Waals surface area contributed by atoms with Crippen molar-refractivity contribution in [1.29, 1.82) is 0 Å². The number of amides is 2. The van der Waals surface area contributed by atoms with Crippen LogP contribution in [0.2, 0.25) is 0 Å². The summed E-state index contributed by atoms with van der Waals surface area (Å²) in [6.07, 6.45) is 3.09. The van der Waals surface area contributed by atoms with Crippen LogP contribution in [0.5, 0.6) is 0 Å². The maximum Gasteiger partial charge on any atom is 0.256 e. The number of nitrogens with zero attached hydrogens (tertiary/aromatic N) is 2. The number of pyridine rings is 1. The Hall–Kier alpha value is -1.95. The van der Waals surface area contributed by atoms with Crippen molar-refractivity contribution in [3.8, 4) is 0 Å². The fourth-order valence-electron chi connectivity index (χ4n) is 1.86. The first kappa shape index (κ1) is 11.5. The molecule has 90 valence electrons. The normalized spacial score (nSPS) is 20.0. The van der Waals surface area contributed by atoms with Crippen molar-refractivity contribution in [1.82, 2.24) is 15.2 Å². The summed E-state index contributed by atoms with van der Waals surface area (Å²) in [7, 11) is 0. The number of hydrogen-bond acceptors (Lipinski definition) is 4. The Balaban J connectivity index is 2.20. The van der Waals surface area contributed by atoms with Gasteiger partial charge < -0.3 is 16.0 Å². The van der Waals surface area contributed by atoms with Crippen molar-refractivity contribution in [2.75, 3.05) is 19.6 Å². The monoisotopic (exact) mass is 234 g/mol. The van der Waals surface area contributed by atoms with E-state index < -0.39 is 11.9 Å². The van der Waals surface area contributed by atoms with Crippen molar-refractivity contribution >= 4 is 11.8 Å². The molecule has 0 bridgehead atoms. The van der Waals surface area contributed by atoms with E-state index in [0.29, 0.717) is 25.2 Å². The molecule has 2 heterocycles. The molecule has 1 aliphatic rings. The molecular formula is C11H14N4O2. The van der Waals surface area contributed by atoms with E-state index in [1.807, 2.05) is 0 Å². The number of nitrogens with two attached hydrogens (primary N) is 1. The van der Waals surface area contributed by atoms with Gasteiger partial charge in [0.1, 0.15) is 6.04 Å². The molecule has 1 saturated heterocycles. The molecule has 0 aliphatic carbocycles. The molecule has 1 unspecified atom stereocenters. The Morgan fingerprint density at radius 2 is 2.35 bits per heavy atom. The van der Waals surface area contributed by atoms with Crippen LogP contribution in [-0.4, -0.2) is 47.4 Å². The summed E-state index contributed by atoms with van der Waals surface area (Å²) in [6.45, 7) is 1.54. The number of rotatable bonds is 2. The first-order chi connectivity index (χ1) is 8.20. The van der Waals surface area contributed by atoms with Gasteiger partial charge in [0.2, 0.25) is 5.91 Å². The fourth-order valence-corrected chi connectivity index (χ4v) is 1.86. The van der Waals surface area contributed by atoms with Crippen LogP contribution in [0, 0.1) is 0 Å². The zero-order valence-corrected chi connectivity index (χ0v) is 9.30. The average molecular weight is 234 g/mol. The molecular weight excluding hydrogens is 220 g/mol. The van der Waals surface area contributed by atoms with Crippen LogP contribution in [0.1, 0.15) is 10.4 Å². The van der Waals surface area contributed by atoms with Gasteiger partial charge in [-0.05, 0) is 12.1 Å². The third-order valence-electron chi connectivity index (χ3n) is 2.74. The minimum Gasteiger partial charge on any atom is -0.368 e. The largest absolute Gasteiger partial charge is 0.368 e. The molecule has 1 atom stereocenters. The second-order valence-corrected chi connectivity index (χ2v) is 3.86. The molecule has 3 N–H and O–H groups in total. The lowest BCUT2D eigenvalue weighted by atomic mass is 10.1. The van der Waals surface area contributed by atoms with Crippen molar-refractivity contribution in [2.24, 2.45) is 5.73 Å². The molecule has 17 heavy (non-hydrogen) atoms. The Morgan fingerprint density at radius 3 is 3.00 bits per heavy atom. The van der Waals surface area contributed by atoms with Crippen LogP contribution < -0.4 is 11.1 Å². The lowest BCUT2D eigenvalue weighted by molar-refractivity contribution is -0.122. The van der Waals surface area contributed by atoms with Crippen LogP contribution in [0.3, 0.4) is 0 Å². The molecule has 0 aromatic carbocycles. The fraction of sp³-hybridized carbons (Fsp3) is 0.364. The highest BCUT2D eigenvalue weighted by Gasteiger charge is 2.31. The number of piperazine rings is 1. The van der Waals surface area contributed by atoms with Crippen molar-refractivity contribution in [3.63, 3.8) is 0 Å². The van der Waals surface area contributed by atoms with Crippen LogP contribution in [-0.2, 0) is 4.79 Å². The SMILES string of the molecule is NC(=O)C1CNCCN1C(=O)c1cccnc1. The predicted octanol–water partition coefficient (Wildman–Crippen LogP) is -1.02. The summed E-state index contributed by atoms with van der Waals surface area (Å²) in [4.78, 5) is 28.8. The molecule has 0 radical (unpaired) electrons. The summed E-state index contributed by atoms with van der Waals surface area (Å²) in [5.41, 5.74) is 5.76. The molecule has 2 rings (SSSR count). The van der Waals surface area contributed by atoms with Gasteiger partial charge in [-0.25, -0.2) is 0 Å². The van der Waals surface area contributed by atoms with Crippen molar-refractivity contribution in [3.05, 3.63) is 30.1 Å². The summed E-state index contributed by atoms with van der Waals surface area (Å²) < 4.78 is 0. The zero-order chi connectivity index (χ0) is 12.3. The van der Waals surface area contributed by atoms with Crippen LogP contribution in [0.15, 0.2) is 24.5 Å². The maximum atomic E-state index is 12.2. The highest BCUT2D eigenvalue weighted by atomic mass is 16.2. The smallest absolute Gasteiger partial charge is 0.256 e. The Bertz CT molecular complexity index is 421. The van der Waals surface area contributed by atoms with Gasteiger partial charge in [0.25, 0.3) is 5.91 Å². The minimum atomic E-state index is -0.587. The van der Waals surface area contributed by atoms with Gasteiger partial charge in [-0.15, -0.1) is 0 Å². The van der Waals surface area contributed by atoms with Gasteiger partial charge in [-0.1, -0.05) is 0 Å². The standard InChI is InChI=1S/C11H14N4O2/c12-10(16)9-7-14-4-5-15(9)11(17)8-2-1-3-13-6-8/h1-3,6,9,14H,4-5,7H2,(H2,12,16). The van der Waals surface area contributed by atoms with Gasteiger partial charge >= 0.3 is 0 Å². The number of primary amides is 1. The number of aromatic nitrogens is 1. The van der Waals surface area contributed by atoms with Crippen molar-refractivity contribution in [2.45, 2.75) is 6.04 Å². The van der Waals surface area contributed by atoms with Crippen LogP contribution >= 0.6 is 0 Å². The van der Waals surface area contributed by atoms with E-state index in [2.05, 4.69) is 10.3 Å². The van der Waals surface area contributed by atoms with Crippen LogP contribution in [0.4, 0.5) is 0 Å². The lowest BCUT2D eigenvalue weighted by Crippen LogP contribution is -2.58. The third kappa shape index (κ3) is 2.42. The van der Waals surface area contributed by atoms with E-state index in [4.69, 9.17) is 5.73 Å². The van der Waals surface area contributed by atoms with Gasteiger partial charge in [-0.2, -0.15) is 0 Å². The molecule has 6 nitrogen and oxygen atoms in total. The van der Waals surface area contributed by atoms with Gasteiger partial charge in [0.05, 0.1) is 5.56 Å². The molecule has 1 aromatic heterocycles. The summed E-state index contributed by atoms with van der Waals surface area (Å²) in [6, 6.07) is 2.78. The minimum absolute atomic E-state index is 0.205. The molecule has 2 amide bonds. The summed E-state index contributed by atoms with van der Waals surface area (Å²) in [5.74, 6) is -0.696. The quantitative estimate of drug-likeness (QED) is 0.685. The Kier molecular flexibility index (Phi) is 3.34. The number of nitrogens with one attached hydrogen (secondary N) is 1. The molecule has 0 saturated carbocycles. The Morgan fingerprint density at radius 1 is 1.53 bits per heavy atom. The van der Waals surface area contributed by atoms with E-state index in [1.54, 1.807) is 18.3 Å². The molecule has 0 spiro atoms.